The van der Waals surface area contributed by atoms with Gasteiger partial charge in [-0.15, -0.1) is 0 Å². The Balaban J connectivity index is 2.28. The summed E-state index contributed by atoms with van der Waals surface area (Å²) in [6.07, 6.45) is 1.84. The van der Waals surface area contributed by atoms with E-state index < -0.39 is 59.9 Å². The van der Waals surface area contributed by atoms with Crippen molar-refractivity contribution >= 4 is 23.7 Å². The van der Waals surface area contributed by atoms with Crippen LogP contribution in [-0.4, -0.2) is 74.1 Å². The van der Waals surface area contributed by atoms with Crippen molar-refractivity contribution in [2.24, 2.45) is 11.7 Å². The van der Waals surface area contributed by atoms with Crippen molar-refractivity contribution in [3.63, 3.8) is 0 Å². The van der Waals surface area contributed by atoms with Crippen LogP contribution in [0.3, 0.4) is 0 Å². The summed E-state index contributed by atoms with van der Waals surface area (Å²) >= 11 is 0. The summed E-state index contributed by atoms with van der Waals surface area (Å²) in [5, 5.41) is 26.8. The molecular formula is C24H34N6O6. The number of nitrogens with two attached hydrogens (primary N) is 1. The molecule has 0 bridgehead atoms. The Bertz CT molecular complexity index is 1010. The van der Waals surface area contributed by atoms with Crippen LogP contribution in [-0.2, 0) is 32.0 Å². The van der Waals surface area contributed by atoms with Crippen LogP contribution < -0.4 is 21.7 Å². The molecule has 1 heterocycles. The van der Waals surface area contributed by atoms with E-state index in [1.807, 2.05) is 0 Å². The number of hydrogen-bond donors (Lipinski definition) is 7. The minimum atomic E-state index is -1.27. The lowest BCUT2D eigenvalue weighted by molar-refractivity contribution is -0.143. The number of aliphatic hydroxyl groups excluding tert-OH is 1. The van der Waals surface area contributed by atoms with E-state index in [4.69, 9.17) is 5.73 Å². The zero-order valence-electron chi connectivity index (χ0n) is 20.5. The Hall–Kier alpha value is -3.77. The van der Waals surface area contributed by atoms with E-state index in [1.54, 1.807) is 44.2 Å². The van der Waals surface area contributed by atoms with Crippen molar-refractivity contribution in [3.05, 3.63) is 54.1 Å². The van der Waals surface area contributed by atoms with Gasteiger partial charge in [0.05, 0.1) is 12.4 Å². The number of aliphatic carboxylic acids is 1. The van der Waals surface area contributed by atoms with E-state index >= 15 is 0 Å². The highest BCUT2D eigenvalue weighted by Crippen LogP contribution is 2.08. The SMILES string of the molecule is CC(C)C(NC(=O)C(Cc1ccccc1)NC(=O)C(Cc1cnc[nH]1)NC(=O)C(N)C(C)O)C(=O)O. The first-order valence-electron chi connectivity index (χ1n) is 11.6. The highest BCUT2D eigenvalue weighted by Gasteiger charge is 2.32. The summed E-state index contributed by atoms with van der Waals surface area (Å²) in [4.78, 5) is 57.3. The second-order valence-electron chi connectivity index (χ2n) is 8.93. The Morgan fingerprint density at radius 2 is 1.53 bits per heavy atom. The van der Waals surface area contributed by atoms with Crippen molar-refractivity contribution in [2.75, 3.05) is 0 Å². The van der Waals surface area contributed by atoms with Crippen LogP contribution in [0.1, 0.15) is 32.0 Å². The number of carboxylic acids is 1. The van der Waals surface area contributed by atoms with Gasteiger partial charge in [0.2, 0.25) is 17.7 Å². The van der Waals surface area contributed by atoms with E-state index in [-0.39, 0.29) is 12.8 Å². The van der Waals surface area contributed by atoms with Gasteiger partial charge in [0.1, 0.15) is 24.2 Å². The predicted octanol–water partition coefficient (Wildman–Crippen LogP) is -0.902. The summed E-state index contributed by atoms with van der Waals surface area (Å²) in [5.41, 5.74) is 6.98. The molecule has 0 aliphatic rings. The minimum Gasteiger partial charge on any atom is -0.480 e. The summed E-state index contributed by atoms with van der Waals surface area (Å²) in [7, 11) is 0. The minimum absolute atomic E-state index is 0.00746. The molecule has 3 amide bonds. The summed E-state index contributed by atoms with van der Waals surface area (Å²) in [6.45, 7) is 4.67. The number of carboxylic acid groups (broad SMARTS) is 1. The molecule has 0 spiro atoms. The van der Waals surface area contributed by atoms with Crippen LogP contribution in [0.5, 0.6) is 0 Å². The third-order valence-corrected chi connectivity index (χ3v) is 5.58. The number of aliphatic hydroxyl groups is 1. The number of H-pyrrole nitrogens is 1. The molecule has 0 radical (unpaired) electrons. The van der Waals surface area contributed by atoms with Crippen LogP contribution in [0.25, 0.3) is 0 Å². The summed E-state index contributed by atoms with van der Waals surface area (Å²) in [5.74, 6) is -3.71. The first kappa shape index (κ1) is 28.5. The molecule has 12 heteroatoms. The van der Waals surface area contributed by atoms with Crippen molar-refractivity contribution < 1.29 is 29.4 Å². The number of imidazole rings is 1. The number of nitrogens with one attached hydrogen (secondary N) is 4. The molecule has 2 rings (SSSR count). The van der Waals surface area contributed by atoms with E-state index in [9.17, 15) is 29.4 Å². The van der Waals surface area contributed by atoms with Gasteiger partial charge in [0.25, 0.3) is 0 Å². The molecule has 1 aromatic carbocycles. The van der Waals surface area contributed by atoms with E-state index in [1.165, 1.54) is 19.4 Å². The third-order valence-electron chi connectivity index (χ3n) is 5.58. The van der Waals surface area contributed by atoms with Crippen LogP contribution in [0.15, 0.2) is 42.9 Å². The number of rotatable bonds is 13. The van der Waals surface area contributed by atoms with Crippen LogP contribution in [0, 0.1) is 5.92 Å². The Morgan fingerprint density at radius 3 is 2.06 bits per heavy atom. The molecule has 0 fully saturated rings. The molecule has 5 atom stereocenters. The van der Waals surface area contributed by atoms with E-state index in [2.05, 4.69) is 25.9 Å². The van der Waals surface area contributed by atoms with Gasteiger partial charge in [-0.2, -0.15) is 0 Å². The first-order valence-corrected chi connectivity index (χ1v) is 11.6. The van der Waals surface area contributed by atoms with Crippen LogP contribution in [0.2, 0.25) is 0 Å². The number of aromatic nitrogens is 2. The van der Waals surface area contributed by atoms with Gasteiger partial charge in [0.15, 0.2) is 0 Å². The van der Waals surface area contributed by atoms with Gasteiger partial charge < -0.3 is 36.9 Å². The zero-order chi connectivity index (χ0) is 26.8. The average Bonchev–Trinajstić information content (AvgIpc) is 3.34. The third kappa shape index (κ3) is 8.47. The fourth-order valence-electron chi connectivity index (χ4n) is 3.41. The smallest absolute Gasteiger partial charge is 0.326 e. The second-order valence-corrected chi connectivity index (χ2v) is 8.93. The maximum Gasteiger partial charge on any atom is 0.326 e. The molecule has 1 aromatic heterocycles. The molecule has 0 aliphatic carbocycles. The highest BCUT2D eigenvalue weighted by molar-refractivity contribution is 5.94. The molecule has 12 nitrogen and oxygen atoms in total. The normalized spacial score (nSPS) is 15.3. The van der Waals surface area contributed by atoms with Gasteiger partial charge in [-0.3, -0.25) is 14.4 Å². The van der Waals surface area contributed by atoms with Gasteiger partial charge >= 0.3 is 5.97 Å². The Kier molecular flexibility index (Phi) is 10.6. The second kappa shape index (κ2) is 13.4. The number of benzene rings is 1. The first-order chi connectivity index (χ1) is 17.0. The molecule has 2 aromatic rings. The van der Waals surface area contributed by atoms with Crippen LogP contribution in [0.4, 0.5) is 0 Å². The lowest BCUT2D eigenvalue weighted by atomic mass is 10.0. The molecular weight excluding hydrogens is 468 g/mol. The number of carbonyl (C=O) groups excluding carboxylic acids is 3. The lowest BCUT2D eigenvalue weighted by Crippen LogP contribution is -2.59. The van der Waals surface area contributed by atoms with Crippen molar-refractivity contribution in [3.8, 4) is 0 Å². The molecule has 0 saturated carbocycles. The van der Waals surface area contributed by atoms with Crippen molar-refractivity contribution in [1.29, 1.82) is 0 Å². The molecule has 5 unspecified atom stereocenters. The van der Waals surface area contributed by atoms with Gasteiger partial charge in [-0.05, 0) is 18.4 Å². The van der Waals surface area contributed by atoms with Crippen molar-refractivity contribution in [2.45, 2.75) is 63.9 Å². The molecule has 36 heavy (non-hydrogen) atoms. The summed E-state index contributed by atoms with van der Waals surface area (Å²) < 4.78 is 0. The zero-order valence-corrected chi connectivity index (χ0v) is 20.5. The predicted molar refractivity (Wildman–Crippen MR) is 130 cm³/mol. The number of carbonyl (C=O) groups is 4. The fourth-order valence-corrected chi connectivity index (χ4v) is 3.41. The largest absolute Gasteiger partial charge is 0.480 e. The van der Waals surface area contributed by atoms with E-state index in [0.717, 1.165) is 5.56 Å². The maximum absolute atomic E-state index is 13.3. The maximum atomic E-state index is 13.3. The van der Waals surface area contributed by atoms with Crippen molar-refractivity contribution in [1.82, 2.24) is 25.9 Å². The monoisotopic (exact) mass is 502 g/mol. The standard InChI is InChI=1S/C24H34N6O6/c1-13(2)20(24(35)36)30-22(33)17(9-15-7-5-4-6-8-15)28-21(32)18(10-16-11-26-12-27-16)29-23(34)19(25)14(3)31/h4-8,11-14,17-20,31H,9-10,25H2,1-3H3,(H,26,27)(H,28,32)(H,29,34)(H,30,33)(H,35,36). The number of nitrogens with zero attached hydrogens (tertiary/aromatic N) is 1. The number of hydrogen-bond acceptors (Lipinski definition) is 7. The molecule has 8 N–H and O–H groups in total. The topological polar surface area (TPSA) is 200 Å². The Labute approximate surface area is 209 Å². The van der Waals surface area contributed by atoms with Gasteiger partial charge in [-0.1, -0.05) is 44.2 Å². The molecule has 0 aliphatic heterocycles. The number of aromatic amines is 1. The molecule has 0 saturated heterocycles. The average molecular weight is 503 g/mol. The van der Waals surface area contributed by atoms with Gasteiger partial charge in [-0.25, -0.2) is 9.78 Å². The number of amides is 3. The quantitative estimate of drug-likeness (QED) is 0.183. The Morgan fingerprint density at radius 1 is 0.944 bits per heavy atom. The van der Waals surface area contributed by atoms with Crippen LogP contribution >= 0.6 is 0 Å². The highest BCUT2D eigenvalue weighted by atomic mass is 16.4. The van der Waals surface area contributed by atoms with E-state index in [0.29, 0.717) is 5.69 Å². The molecule has 196 valence electrons. The summed E-state index contributed by atoms with van der Waals surface area (Å²) in [6, 6.07) is 4.19. The fraction of sp³-hybridized carbons (Fsp3) is 0.458. The lowest BCUT2D eigenvalue weighted by Gasteiger charge is -2.26. The van der Waals surface area contributed by atoms with Gasteiger partial charge in [0, 0.05) is 24.7 Å².